The Labute approximate surface area is 133 Å². The van der Waals surface area contributed by atoms with Gasteiger partial charge in [0.05, 0.1) is 12.4 Å². The Morgan fingerprint density at radius 3 is 3.00 bits per heavy atom. The van der Waals surface area contributed by atoms with E-state index in [1.165, 1.54) is 0 Å². The van der Waals surface area contributed by atoms with Gasteiger partial charge in [-0.1, -0.05) is 19.1 Å². The Balaban J connectivity index is 1.96. The molecule has 2 rings (SSSR count). The van der Waals surface area contributed by atoms with Crippen LogP contribution in [-0.4, -0.2) is 34.4 Å². The van der Waals surface area contributed by atoms with E-state index in [0.717, 1.165) is 16.9 Å². The SMILES string of the molecule is CCC=C(C)C(=O)N1CSCC1C(=O)NCc1cccs1. The standard InChI is InChI=1S/C15H20N2O2S2/c1-3-5-11(2)15(19)17-10-20-9-13(17)14(18)16-8-12-6-4-7-21-12/h4-7,13H,3,8-10H2,1-2H3,(H,16,18). The first-order valence-corrected chi connectivity index (χ1v) is 9.02. The van der Waals surface area contributed by atoms with Crippen molar-refractivity contribution in [2.24, 2.45) is 0 Å². The van der Waals surface area contributed by atoms with E-state index in [1.54, 1.807) is 28.0 Å². The second-order valence-corrected chi connectivity index (χ2v) is 6.92. The highest BCUT2D eigenvalue weighted by Crippen LogP contribution is 2.23. The fraction of sp³-hybridized carbons (Fsp3) is 0.467. The summed E-state index contributed by atoms with van der Waals surface area (Å²) in [6.07, 6.45) is 2.74. The predicted octanol–water partition coefficient (Wildman–Crippen LogP) is 2.62. The molecule has 1 aromatic rings. The summed E-state index contributed by atoms with van der Waals surface area (Å²) in [5.41, 5.74) is 0.719. The molecule has 1 saturated heterocycles. The van der Waals surface area contributed by atoms with Crippen LogP contribution in [0.4, 0.5) is 0 Å². The van der Waals surface area contributed by atoms with E-state index in [-0.39, 0.29) is 17.9 Å². The largest absolute Gasteiger partial charge is 0.349 e. The van der Waals surface area contributed by atoms with Gasteiger partial charge in [0.25, 0.3) is 5.91 Å². The summed E-state index contributed by atoms with van der Waals surface area (Å²) in [7, 11) is 0. The van der Waals surface area contributed by atoms with Crippen LogP contribution < -0.4 is 5.32 Å². The lowest BCUT2D eigenvalue weighted by molar-refractivity contribution is -0.135. The zero-order valence-electron chi connectivity index (χ0n) is 12.3. The summed E-state index contributed by atoms with van der Waals surface area (Å²) in [6, 6.07) is 3.60. The quantitative estimate of drug-likeness (QED) is 0.847. The molecule has 114 valence electrons. The third kappa shape index (κ3) is 4.11. The van der Waals surface area contributed by atoms with E-state index >= 15 is 0 Å². The highest BCUT2D eigenvalue weighted by Gasteiger charge is 2.34. The molecule has 1 aliphatic heterocycles. The summed E-state index contributed by atoms with van der Waals surface area (Å²) in [6.45, 7) is 4.35. The summed E-state index contributed by atoms with van der Waals surface area (Å²) in [5, 5.41) is 4.92. The van der Waals surface area contributed by atoms with Crippen molar-refractivity contribution in [1.29, 1.82) is 0 Å². The zero-order valence-corrected chi connectivity index (χ0v) is 13.9. The average molecular weight is 324 g/mol. The maximum Gasteiger partial charge on any atom is 0.250 e. The lowest BCUT2D eigenvalue weighted by Crippen LogP contribution is -2.47. The number of carbonyl (C=O) groups is 2. The second-order valence-electron chi connectivity index (χ2n) is 4.88. The van der Waals surface area contributed by atoms with Crippen molar-refractivity contribution in [1.82, 2.24) is 10.2 Å². The first-order valence-electron chi connectivity index (χ1n) is 6.99. The Morgan fingerprint density at radius 2 is 2.33 bits per heavy atom. The van der Waals surface area contributed by atoms with Crippen LogP contribution in [0.15, 0.2) is 29.2 Å². The Morgan fingerprint density at radius 1 is 1.52 bits per heavy atom. The lowest BCUT2D eigenvalue weighted by Gasteiger charge is -2.23. The van der Waals surface area contributed by atoms with Crippen LogP contribution in [-0.2, 0) is 16.1 Å². The first kappa shape index (κ1) is 16.1. The summed E-state index contributed by atoms with van der Waals surface area (Å²) >= 11 is 3.24. The van der Waals surface area contributed by atoms with Crippen LogP contribution >= 0.6 is 23.1 Å². The molecule has 1 aliphatic rings. The molecular weight excluding hydrogens is 304 g/mol. The molecule has 21 heavy (non-hydrogen) atoms. The smallest absolute Gasteiger partial charge is 0.250 e. The van der Waals surface area contributed by atoms with Crippen LogP contribution in [0.1, 0.15) is 25.1 Å². The third-order valence-electron chi connectivity index (χ3n) is 3.31. The molecule has 0 spiro atoms. The van der Waals surface area contributed by atoms with Gasteiger partial charge in [0.15, 0.2) is 0 Å². The van der Waals surface area contributed by atoms with E-state index < -0.39 is 0 Å². The number of thiophene rings is 1. The number of hydrogen-bond donors (Lipinski definition) is 1. The fourth-order valence-corrected chi connectivity index (χ4v) is 3.98. The van der Waals surface area contributed by atoms with Crippen molar-refractivity contribution in [3.8, 4) is 0 Å². The molecule has 1 N–H and O–H groups in total. The highest BCUT2D eigenvalue weighted by atomic mass is 32.2. The maximum atomic E-state index is 12.3. The van der Waals surface area contributed by atoms with Gasteiger partial charge in [0.2, 0.25) is 5.91 Å². The summed E-state index contributed by atoms with van der Waals surface area (Å²) in [4.78, 5) is 27.4. The Hall–Kier alpha value is -1.27. The molecule has 0 saturated carbocycles. The summed E-state index contributed by atoms with van der Waals surface area (Å²) in [5.74, 6) is 1.16. The molecule has 1 fully saturated rings. The van der Waals surface area contributed by atoms with Crippen molar-refractivity contribution in [3.05, 3.63) is 34.0 Å². The van der Waals surface area contributed by atoms with Gasteiger partial charge < -0.3 is 10.2 Å². The highest BCUT2D eigenvalue weighted by molar-refractivity contribution is 7.99. The minimum atomic E-state index is -0.359. The van der Waals surface area contributed by atoms with Gasteiger partial charge in [0.1, 0.15) is 6.04 Å². The van der Waals surface area contributed by atoms with Crippen LogP contribution in [0.25, 0.3) is 0 Å². The van der Waals surface area contributed by atoms with Gasteiger partial charge in [-0.15, -0.1) is 23.1 Å². The van der Waals surface area contributed by atoms with Crippen molar-refractivity contribution in [2.45, 2.75) is 32.9 Å². The third-order valence-corrected chi connectivity index (χ3v) is 5.20. The van der Waals surface area contributed by atoms with Gasteiger partial charge >= 0.3 is 0 Å². The molecule has 1 aromatic heterocycles. The van der Waals surface area contributed by atoms with Crippen LogP contribution in [0.3, 0.4) is 0 Å². The van der Waals surface area contributed by atoms with E-state index in [4.69, 9.17) is 0 Å². The second kappa shape index (κ2) is 7.66. The number of thioether (sulfide) groups is 1. The molecule has 4 nitrogen and oxygen atoms in total. The molecule has 0 aliphatic carbocycles. The van der Waals surface area contributed by atoms with Crippen molar-refractivity contribution >= 4 is 34.9 Å². The normalized spacial score (nSPS) is 18.9. The Kier molecular flexibility index (Phi) is 5.87. The lowest BCUT2D eigenvalue weighted by atomic mass is 10.2. The van der Waals surface area contributed by atoms with Gasteiger partial charge in [0, 0.05) is 16.2 Å². The van der Waals surface area contributed by atoms with Crippen LogP contribution in [0, 0.1) is 0 Å². The number of amides is 2. The van der Waals surface area contributed by atoms with E-state index in [1.807, 2.05) is 37.4 Å². The average Bonchev–Trinajstić information content (AvgIpc) is 3.15. The summed E-state index contributed by atoms with van der Waals surface area (Å²) < 4.78 is 0. The van der Waals surface area contributed by atoms with E-state index in [2.05, 4.69) is 5.32 Å². The zero-order chi connectivity index (χ0) is 15.2. The molecule has 0 radical (unpaired) electrons. The van der Waals surface area contributed by atoms with Crippen molar-refractivity contribution in [2.75, 3.05) is 11.6 Å². The number of carbonyl (C=O) groups excluding carboxylic acids is 2. The van der Waals surface area contributed by atoms with E-state index in [9.17, 15) is 9.59 Å². The van der Waals surface area contributed by atoms with Crippen molar-refractivity contribution < 1.29 is 9.59 Å². The number of hydrogen-bond acceptors (Lipinski definition) is 4. The van der Waals surface area contributed by atoms with Crippen LogP contribution in [0.5, 0.6) is 0 Å². The van der Waals surface area contributed by atoms with E-state index in [0.29, 0.717) is 18.2 Å². The molecule has 1 unspecified atom stereocenters. The molecule has 2 heterocycles. The Bertz CT molecular complexity index is 526. The molecule has 6 heteroatoms. The fourth-order valence-electron chi connectivity index (χ4n) is 2.19. The minimum Gasteiger partial charge on any atom is -0.349 e. The predicted molar refractivity (Wildman–Crippen MR) is 88.2 cm³/mol. The number of allylic oxidation sites excluding steroid dienone is 1. The minimum absolute atomic E-state index is 0.0295. The molecule has 0 aromatic carbocycles. The van der Waals surface area contributed by atoms with Gasteiger partial charge in [-0.3, -0.25) is 9.59 Å². The number of nitrogens with zero attached hydrogens (tertiary/aromatic N) is 1. The van der Waals surface area contributed by atoms with Gasteiger partial charge in [-0.2, -0.15) is 0 Å². The van der Waals surface area contributed by atoms with Gasteiger partial charge in [-0.05, 0) is 24.8 Å². The topological polar surface area (TPSA) is 49.4 Å². The maximum absolute atomic E-state index is 12.3. The molecule has 0 bridgehead atoms. The molecule has 1 atom stereocenters. The molecular formula is C15H20N2O2S2. The monoisotopic (exact) mass is 324 g/mol. The molecule has 2 amide bonds. The first-order chi connectivity index (χ1) is 10.1. The van der Waals surface area contributed by atoms with Crippen molar-refractivity contribution in [3.63, 3.8) is 0 Å². The van der Waals surface area contributed by atoms with Crippen LogP contribution in [0.2, 0.25) is 0 Å². The number of nitrogens with one attached hydrogen (secondary N) is 1. The number of rotatable bonds is 5. The van der Waals surface area contributed by atoms with Gasteiger partial charge in [-0.25, -0.2) is 0 Å².